The maximum atomic E-state index is 13.0. The van der Waals surface area contributed by atoms with Gasteiger partial charge in [0.05, 0.1) is 0 Å². The van der Waals surface area contributed by atoms with Crippen molar-refractivity contribution in [2.24, 2.45) is 0 Å². The maximum Gasteiger partial charge on any atom is 0.460 e. The molecule has 170 valence electrons. The highest BCUT2D eigenvalue weighted by atomic mass is 31.1. The predicted molar refractivity (Wildman–Crippen MR) is 50.9 cm³/mol. The van der Waals surface area contributed by atoms with Crippen molar-refractivity contribution in [3.05, 3.63) is 0 Å². The molecule has 0 radical (unpaired) electrons. The number of hydrogen-bond acceptors (Lipinski definition) is 1. The molecule has 0 amide bonds. The number of rotatable bonds is 6. The van der Waals surface area contributed by atoms with Crippen LogP contribution < -0.4 is 0 Å². The fraction of sp³-hybridized carbons (Fsp3) is 1.00. The van der Waals surface area contributed by atoms with E-state index in [4.69, 9.17) is 4.89 Å². The van der Waals surface area contributed by atoms with Crippen LogP contribution in [0.2, 0.25) is 0 Å². The van der Waals surface area contributed by atoms with Crippen LogP contribution in [-0.2, 0) is 0 Å². The van der Waals surface area contributed by atoms with Crippen molar-refractivity contribution in [3.63, 3.8) is 0 Å². The van der Waals surface area contributed by atoms with Gasteiger partial charge in [-0.3, -0.25) is 0 Å². The van der Waals surface area contributed by atoms with Gasteiger partial charge < -0.3 is 4.89 Å². The van der Waals surface area contributed by atoms with Gasteiger partial charge in [-0.05, 0) is 0 Å². The molecule has 0 aromatic rings. The van der Waals surface area contributed by atoms with Crippen LogP contribution in [0.25, 0.3) is 0 Å². The van der Waals surface area contributed by atoms with Gasteiger partial charge in [0.1, 0.15) is 0 Å². The molecule has 1 N–H and O–H groups in total. The van der Waals surface area contributed by atoms with Gasteiger partial charge in [0.2, 0.25) is 0 Å². The highest BCUT2D eigenvalue weighted by molar-refractivity contribution is 7.54. The second kappa shape index (κ2) is 6.57. The van der Waals surface area contributed by atoms with Crippen LogP contribution in [0, 0.1) is 0 Å². The third-order valence-corrected chi connectivity index (χ3v) is 4.41. The van der Waals surface area contributed by atoms with Crippen LogP contribution in [-0.4, -0.2) is 52.3 Å². The van der Waals surface area contributed by atoms with Crippen molar-refractivity contribution in [2.45, 2.75) is 47.4 Å². The Morgan fingerprint density at radius 2 is 0.536 bits per heavy atom. The third kappa shape index (κ3) is 3.45. The fourth-order valence-corrected chi connectivity index (χ4v) is 2.34. The number of alkyl halides is 18. The molecule has 0 unspecified atom stereocenters. The standard InChI is InChI=1S/C8HF18OP/c9-1(10,5(17,18)19)3(13,14)7(23,24)28(27)8(25,26)4(15,16)2(11,12)6(20,21)22/h27H. The lowest BCUT2D eigenvalue weighted by atomic mass is 10.1. The summed E-state index contributed by atoms with van der Waals surface area (Å²) in [6.07, 6.45) is -15.4. The highest BCUT2D eigenvalue weighted by Crippen LogP contribution is 2.73. The summed E-state index contributed by atoms with van der Waals surface area (Å²) in [6, 6.07) is 0. The summed E-state index contributed by atoms with van der Waals surface area (Å²) in [4.78, 5) is 8.24. The van der Waals surface area contributed by atoms with E-state index in [9.17, 15) is 79.0 Å². The minimum Gasteiger partial charge on any atom is -0.363 e. The van der Waals surface area contributed by atoms with Gasteiger partial charge in [0.15, 0.2) is 8.15 Å². The first kappa shape index (κ1) is 27.1. The van der Waals surface area contributed by atoms with Crippen LogP contribution in [0.1, 0.15) is 0 Å². The normalized spacial score (nSPS) is 16.7. The van der Waals surface area contributed by atoms with E-state index < -0.39 is 55.5 Å². The van der Waals surface area contributed by atoms with Crippen molar-refractivity contribution < 1.29 is 83.9 Å². The van der Waals surface area contributed by atoms with E-state index in [1.165, 1.54) is 0 Å². The quantitative estimate of drug-likeness (QED) is 0.349. The summed E-state index contributed by atoms with van der Waals surface area (Å²) in [6.45, 7) is 0. The molecule has 28 heavy (non-hydrogen) atoms. The summed E-state index contributed by atoms with van der Waals surface area (Å²) in [5.74, 6) is -32.4. The van der Waals surface area contributed by atoms with Gasteiger partial charge in [-0.25, -0.2) is 0 Å². The summed E-state index contributed by atoms with van der Waals surface area (Å²) in [5, 5.41) is 0. The van der Waals surface area contributed by atoms with Gasteiger partial charge in [-0.15, -0.1) is 0 Å². The monoisotopic (exact) mass is 486 g/mol. The SMILES string of the molecule is OP(C(F)(F)C(F)(F)C(F)(F)C(F)(F)F)C(F)(F)C(F)(F)C(F)(F)C(F)(F)F. The zero-order valence-corrected chi connectivity index (χ0v) is 12.6. The summed E-state index contributed by atoms with van der Waals surface area (Å²) >= 11 is 0. The first-order valence-corrected chi connectivity index (χ1v) is 6.84. The highest BCUT2D eigenvalue weighted by Gasteiger charge is 2.90. The van der Waals surface area contributed by atoms with Crippen molar-refractivity contribution in [1.29, 1.82) is 0 Å². The molecule has 20 heteroatoms. The third-order valence-electron chi connectivity index (χ3n) is 2.79. The largest absolute Gasteiger partial charge is 0.460 e. The topological polar surface area (TPSA) is 20.2 Å². The maximum absolute atomic E-state index is 13.0. The molecule has 0 saturated carbocycles. The van der Waals surface area contributed by atoms with Crippen molar-refractivity contribution in [1.82, 2.24) is 0 Å². The molecule has 0 heterocycles. The molecule has 0 spiro atoms. The van der Waals surface area contributed by atoms with E-state index in [0.717, 1.165) is 0 Å². The van der Waals surface area contributed by atoms with Crippen LogP contribution in [0.15, 0.2) is 0 Å². The average Bonchev–Trinajstić information content (AvgIpc) is 2.42. The summed E-state index contributed by atoms with van der Waals surface area (Å²) < 4.78 is 224. The average molecular weight is 486 g/mol. The molecule has 0 bridgehead atoms. The second-order valence-electron chi connectivity index (χ2n) is 4.69. The molecule has 1 nitrogen and oxygen atoms in total. The first-order chi connectivity index (χ1) is 11.7. The van der Waals surface area contributed by atoms with Crippen molar-refractivity contribution in [2.75, 3.05) is 0 Å². The molecular formula is C8HF18OP. The molecule has 0 aliphatic rings. The van der Waals surface area contributed by atoms with Gasteiger partial charge >= 0.3 is 47.4 Å². The molecule has 0 rings (SSSR count). The lowest BCUT2D eigenvalue weighted by Gasteiger charge is -2.40. The van der Waals surface area contributed by atoms with Crippen LogP contribution >= 0.6 is 8.15 Å². The Bertz CT molecular complexity index is 521. The van der Waals surface area contributed by atoms with E-state index >= 15 is 0 Å². The Hall–Kier alpha value is -0.870. The van der Waals surface area contributed by atoms with E-state index in [1.54, 1.807) is 0 Å². The molecule has 0 atom stereocenters. The van der Waals surface area contributed by atoms with Crippen molar-refractivity contribution in [3.8, 4) is 0 Å². The zero-order valence-electron chi connectivity index (χ0n) is 11.7. The Morgan fingerprint density at radius 3 is 0.679 bits per heavy atom. The molecule has 0 aromatic heterocycles. The fourth-order valence-electron chi connectivity index (χ4n) is 1.18. The van der Waals surface area contributed by atoms with Crippen LogP contribution in [0.4, 0.5) is 79.0 Å². The Balaban J connectivity index is 6.50. The molecule has 0 fully saturated rings. The molecule has 0 saturated heterocycles. The lowest BCUT2D eigenvalue weighted by molar-refractivity contribution is -0.390. The van der Waals surface area contributed by atoms with E-state index in [-0.39, 0.29) is 0 Å². The predicted octanol–water partition coefficient (Wildman–Crippen LogP) is 6.23. The Kier molecular flexibility index (Phi) is 6.36. The Labute approximate surface area is 141 Å². The zero-order chi connectivity index (χ0) is 23.6. The van der Waals surface area contributed by atoms with Gasteiger partial charge in [-0.1, -0.05) is 0 Å². The number of hydrogen-bond donors (Lipinski definition) is 1. The van der Waals surface area contributed by atoms with Gasteiger partial charge in [0, 0.05) is 0 Å². The summed E-state index contributed by atoms with van der Waals surface area (Å²) in [5.41, 5.74) is -15.9. The molecule has 0 aromatic carbocycles. The van der Waals surface area contributed by atoms with Gasteiger partial charge in [-0.2, -0.15) is 79.0 Å². The Morgan fingerprint density at radius 1 is 0.357 bits per heavy atom. The smallest absolute Gasteiger partial charge is 0.363 e. The first-order valence-electron chi connectivity index (χ1n) is 5.55. The van der Waals surface area contributed by atoms with Crippen LogP contribution in [0.5, 0.6) is 0 Å². The van der Waals surface area contributed by atoms with Crippen molar-refractivity contribution >= 4 is 8.15 Å². The van der Waals surface area contributed by atoms with E-state index in [1.807, 2.05) is 0 Å². The lowest BCUT2D eigenvalue weighted by Crippen LogP contribution is -2.64. The van der Waals surface area contributed by atoms with Crippen LogP contribution in [0.3, 0.4) is 0 Å². The second-order valence-corrected chi connectivity index (χ2v) is 6.43. The van der Waals surface area contributed by atoms with Gasteiger partial charge in [0.25, 0.3) is 0 Å². The number of halogens is 18. The minimum absolute atomic E-state index is 7.39. The molecule has 0 aliphatic carbocycles. The van der Waals surface area contributed by atoms with E-state index in [0.29, 0.717) is 0 Å². The van der Waals surface area contributed by atoms with E-state index in [2.05, 4.69) is 0 Å². The molecular weight excluding hydrogens is 485 g/mol. The molecule has 0 aliphatic heterocycles. The summed E-state index contributed by atoms with van der Waals surface area (Å²) in [7, 11) is -7.39. The minimum atomic E-state index is -8.17.